The quantitative estimate of drug-likeness (QED) is 0.599. The van der Waals surface area contributed by atoms with Crippen molar-refractivity contribution in [2.45, 2.75) is 45.2 Å². The number of carbonyl (C=O) groups is 1. The van der Waals surface area contributed by atoms with Crippen molar-refractivity contribution in [1.82, 2.24) is 19.8 Å². The molecule has 1 N–H and O–H groups in total. The monoisotopic (exact) mass is 483 g/mol. The van der Waals surface area contributed by atoms with Gasteiger partial charge in [-0.25, -0.2) is 9.97 Å². The molecule has 6 rings (SSSR count). The number of nitrogens with one attached hydrogen (secondary N) is 1. The highest BCUT2D eigenvalue weighted by Crippen LogP contribution is 2.38. The molecular formula is C24H29N5O2S2. The topological polar surface area (TPSA) is 70.6 Å². The number of fused-ring (bicyclic) bond motifs is 4. The van der Waals surface area contributed by atoms with Crippen molar-refractivity contribution >= 4 is 44.6 Å². The van der Waals surface area contributed by atoms with Gasteiger partial charge in [0.15, 0.2) is 0 Å². The lowest BCUT2D eigenvalue weighted by molar-refractivity contribution is -0.130. The van der Waals surface area contributed by atoms with Crippen molar-refractivity contribution in [3.8, 4) is 0 Å². The first-order valence-electron chi connectivity index (χ1n) is 11.9. The van der Waals surface area contributed by atoms with E-state index in [9.17, 15) is 4.79 Å². The van der Waals surface area contributed by atoms with Gasteiger partial charge in [-0.15, -0.1) is 22.7 Å². The summed E-state index contributed by atoms with van der Waals surface area (Å²) in [7, 11) is 0. The van der Waals surface area contributed by atoms with Crippen molar-refractivity contribution in [3.05, 3.63) is 38.2 Å². The number of hydrogen-bond acceptors (Lipinski definition) is 8. The minimum Gasteiger partial charge on any atom is -0.379 e. The van der Waals surface area contributed by atoms with E-state index in [0.717, 1.165) is 80.5 Å². The Hall–Kier alpha value is -2.07. The highest BCUT2D eigenvalue weighted by atomic mass is 32.1. The maximum Gasteiger partial charge on any atom is 0.242 e. The number of amides is 1. The normalized spacial score (nSPS) is 18.8. The largest absolute Gasteiger partial charge is 0.379 e. The van der Waals surface area contributed by atoms with Crippen molar-refractivity contribution in [3.63, 3.8) is 0 Å². The molecule has 1 amide bonds. The Morgan fingerprint density at radius 1 is 1.09 bits per heavy atom. The number of rotatable bonds is 5. The van der Waals surface area contributed by atoms with Gasteiger partial charge < -0.3 is 15.0 Å². The van der Waals surface area contributed by atoms with Gasteiger partial charge in [0.25, 0.3) is 0 Å². The van der Waals surface area contributed by atoms with Crippen LogP contribution in [0.3, 0.4) is 0 Å². The number of ether oxygens (including phenoxy) is 1. The third-order valence-corrected chi connectivity index (χ3v) is 9.11. The molecule has 3 aromatic heterocycles. The van der Waals surface area contributed by atoms with Crippen LogP contribution in [0.5, 0.6) is 0 Å². The van der Waals surface area contributed by atoms with E-state index < -0.39 is 0 Å². The number of aromatic nitrogens is 2. The first-order chi connectivity index (χ1) is 16.2. The fourth-order valence-electron chi connectivity index (χ4n) is 5.09. The summed E-state index contributed by atoms with van der Waals surface area (Å²) in [6, 6.07) is 2.15. The van der Waals surface area contributed by atoms with Crippen LogP contribution in [0.25, 0.3) is 10.2 Å². The first-order valence-corrected chi connectivity index (χ1v) is 13.6. The van der Waals surface area contributed by atoms with E-state index in [4.69, 9.17) is 14.7 Å². The summed E-state index contributed by atoms with van der Waals surface area (Å²) in [6.45, 7) is 5.84. The van der Waals surface area contributed by atoms with Gasteiger partial charge in [0.05, 0.1) is 31.7 Å². The predicted octanol–water partition coefficient (Wildman–Crippen LogP) is 3.46. The zero-order valence-corrected chi connectivity index (χ0v) is 20.4. The summed E-state index contributed by atoms with van der Waals surface area (Å²) in [5.41, 5.74) is 2.69. The Morgan fingerprint density at radius 3 is 2.88 bits per heavy atom. The van der Waals surface area contributed by atoms with E-state index in [1.165, 1.54) is 33.7 Å². The molecule has 5 heterocycles. The van der Waals surface area contributed by atoms with Crippen LogP contribution in [-0.4, -0.2) is 65.1 Å². The number of morpholine rings is 1. The maximum absolute atomic E-state index is 13.1. The molecule has 174 valence electrons. The Balaban J connectivity index is 1.25. The summed E-state index contributed by atoms with van der Waals surface area (Å²) in [5.74, 6) is 1.81. The Morgan fingerprint density at radius 2 is 1.97 bits per heavy atom. The molecule has 0 aromatic carbocycles. The van der Waals surface area contributed by atoms with Crippen molar-refractivity contribution < 1.29 is 9.53 Å². The van der Waals surface area contributed by atoms with Crippen LogP contribution in [0.1, 0.15) is 39.5 Å². The standard InChI is InChI=1S/C24H29N5O2S2/c30-21(29-7-5-18-16(14-29)6-12-32-18)13-25-23-22-17-3-1-2-4-19(17)33-24(22)27-20(26-23)15-28-8-10-31-11-9-28/h6,12H,1-5,7-11,13-15H2,(H,25,26,27). The van der Waals surface area contributed by atoms with E-state index in [1.807, 2.05) is 16.2 Å². The molecule has 1 fully saturated rings. The molecule has 0 unspecified atom stereocenters. The van der Waals surface area contributed by atoms with Crippen molar-refractivity contribution in [1.29, 1.82) is 0 Å². The van der Waals surface area contributed by atoms with Crippen LogP contribution >= 0.6 is 22.7 Å². The van der Waals surface area contributed by atoms with Crippen LogP contribution in [0, 0.1) is 0 Å². The van der Waals surface area contributed by atoms with Crippen molar-refractivity contribution in [2.75, 3.05) is 44.7 Å². The van der Waals surface area contributed by atoms with E-state index in [-0.39, 0.29) is 12.5 Å². The molecule has 33 heavy (non-hydrogen) atoms. The molecule has 0 bridgehead atoms. The van der Waals surface area contributed by atoms with Gasteiger partial charge in [-0.1, -0.05) is 0 Å². The lowest BCUT2D eigenvalue weighted by Crippen LogP contribution is -2.39. The molecule has 0 spiro atoms. The number of nitrogens with zero attached hydrogens (tertiary/aromatic N) is 4. The molecule has 1 saturated heterocycles. The fourth-order valence-corrected chi connectivity index (χ4v) is 7.26. The van der Waals surface area contributed by atoms with Gasteiger partial charge in [0.2, 0.25) is 5.91 Å². The minimum atomic E-state index is 0.137. The van der Waals surface area contributed by atoms with Gasteiger partial charge in [0.1, 0.15) is 16.5 Å². The highest BCUT2D eigenvalue weighted by molar-refractivity contribution is 7.19. The van der Waals surface area contributed by atoms with Crippen LogP contribution in [0.15, 0.2) is 11.4 Å². The zero-order valence-electron chi connectivity index (χ0n) is 18.8. The summed E-state index contributed by atoms with van der Waals surface area (Å²) in [6.07, 6.45) is 5.62. The molecule has 1 aliphatic carbocycles. The zero-order chi connectivity index (χ0) is 22.2. The van der Waals surface area contributed by atoms with Crippen molar-refractivity contribution in [2.24, 2.45) is 0 Å². The smallest absolute Gasteiger partial charge is 0.242 e. The lowest BCUT2D eigenvalue weighted by atomic mass is 9.97. The average Bonchev–Trinajstić information content (AvgIpc) is 3.46. The number of carbonyl (C=O) groups excluding carboxylic acids is 1. The Labute approximate surface area is 201 Å². The fraction of sp³-hybridized carbons (Fsp3) is 0.542. The molecule has 2 aliphatic heterocycles. The molecule has 3 aliphatic rings. The summed E-state index contributed by atoms with van der Waals surface area (Å²) < 4.78 is 5.49. The third-order valence-electron chi connectivity index (χ3n) is 6.90. The maximum atomic E-state index is 13.1. The van der Waals surface area contributed by atoms with Crippen LogP contribution in [0.4, 0.5) is 5.82 Å². The third kappa shape index (κ3) is 4.39. The Kier molecular flexibility index (Phi) is 6.04. The molecule has 0 radical (unpaired) electrons. The first kappa shape index (κ1) is 21.5. The number of thiophene rings is 2. The number of anilines is 1. The second-order valence-electron chi connectivity index (χ2n) is 9.06. The van der Waals surface area contributed by atoms with E-state index in [1.54, 1.807) is 11.3 Å². The van der Waals surface area contributed by atoms with E-state index >= 15 is 0 Å². The molecule has 7 nitrogen and oxygen atoms in total. The number of hydrogen-bond donors (Lipinski definition) is 1. The summed E-state index contributed by atoms with van der Waals surface area (Å²) in [4.78, 5) is 31.2. The SMILES string of the molecule is O=C(CNc1nc(CN2CCOCC2)nc2sc3c(c12)CCCC3)N1CCc2sccc2C1. The van der Waals surface area contributed by atoms with Crippen LogP contribution < -0.4 is 5.32 Å². The van der Waals surface area contributed by atoms with Crippen LogP contribution in [0.2, 0.25) is 0 Å². The number of aryl methyl sites for hydroxylation is 2. The molecule has 0 atom stereocenters. The summed E-state index contributed by atoms with van der Waals surface area (Å²) in [5, 5.41) is 6.71. The average molecular weight is 484 g/mol. The molecule has 3 aromatic rings. The second kappa shape index (κ2) is 9.29. The van der Waals surface area contributed by atoms with Gasteiger partial charge in [0, 0.05) is 35.9 Å². The molecular weight excluding hydrogens is 454 g/mol. The van der Waals surface area contributed by atoms with E-state index in [0.29, 0.717) is 6.54 Å². The predicted molar refractivity (Wildman–Crippen MR) is 132 cm³/mol. The Bertz CT molecular complexity index is 1170. The summed E-state index contributed by atoms with van der Waals surface area (Å²) >= 11 is 3.62. The van der Waals surface area contributed by atoms with Gasteiger partial charge in [-0.3, -0.25) is 9.69 Å². The lowest BCUT2D eigenvalue weighted by Gasteiger charge is -2.27. The highest BCUT2D eigenvalue weighted by Gasteiger charge is 2.24. The second-order valence-corrected chi connectivity index (χ2v) is 11.1. The van der Waals surface area contributed by atoms with E-state index in [2.05, 4.69) is 21.7 Å². The molecule has 9 heteroatoms. The molecule has 0 saturated carbocycles. The van der Waals surface area contributed by atoms with Gasteiger partial charge >= 0.3 is 0 Å². The van der Waals surface area contributed by atoms with Crippen LogP contribution in [-0.2, 0) is 41.9 Å². The van der Waals surface area contributed by atoms with Gasteiger partial charge in [-0.05, 0) is 54.7 Å². The minimum absolute atomic E-state index is 0.137. The van der Waals surface area contributed by atoms with Gasteiger partial charge in [-0.2, -0.15) is 0 Å².